The molecule has 2 aromatic carbocycles. The maximum absolute atomic E-state index is 12.5. The number of urea groups is 1. The molecular weight excluding hydrogens is 310 g/mol. The Kier molecular flexibility index (Phi) is 5.71. The van der Waals surface area contributed by atoms with Gasteiger partial charge in [-0.1, -0.05) is 49.4 Å². The van der Waals surface area contributed by atoms with Crippen LogP contribution in [0.5, 0.6) is 0 Å². The first-order valence-corrected chi connectivity index (χ1v) is 9.11. The van der Waals surface area contributed by atoms with Crippen LogP contribution in [0.1, 0.15) is 31.0 Å². The number of benzene rings is 2. The summed E-state index contributed by atoms with van der Waals surface area (Å²) in [6.07, 6.45) is 1.01. The summed E-state index contributed by atoms with van der Waals surface area (Å²) >= 11 is 0. The second-order valence-electron chi connectivity index (χ2n) is 6.59. The first-order chi connectivity index (χ1) is 12.2. The first kappa shape index (κ1) is 17.5. The summed E-state index contributed by atoms with van der Waals surface area (Å²) in [6.45, 7) is 7.69. The Hall–Kier alpha value is -2.33. The molecule has 2 aromatic rings. The minimum absolute atomic E-state index is 0.00346. The van der Waals surface area contributed by atoms with Crippen molar-refractivity contribution in [2.75, 3.05) is 31.5 Å². The van der Waals surface area contributed by atoms with Crippen molar-refractivity contribution in [3.05, 3.63) is 65.7 Å². The van der Waals surface area contributed by atoms with Crippen LogP contribution in [0.15, 0.2) is 54.6 Å². The summed E-state index contributed by atoms with van der Waals surface area (Å²) < 4.78 is 0. The number of anilines is 1. The highest BCUT2D eigenvalue weighted by Crippen LogP contribution is 2.21. The highest BCUT2D eigenvalue weighted by Gasteiger charge is 2.24. The minimum atomic E-state index is -0.00346. The van der Waals surface area contributed by atoms with Crippen LogP contribution >= 0.6 is 0 Å². The van der Waals surface area contributed by atoms with Crippen LogP contribution in [0.25, 0.3) is 0 Å². The second-order valence-corrected chi connectivity index (χ2v) is 6.59. The van der Waals surface area contributed by atoms with E-state index in [2.05, 4.69) is 60.5 Å². The van der Waals surface area contributed by atoms with E-state index in [1.165, 1.54) is 11.1 Å². The number of amides is 2. The summed E-state index contributed by atoms with van der Waals surface area (Å²) in [7, 11) is 0. The van der Waals surface area contributed by atoms with Gasteiger partial charge in [0.25, 0.3) is 0 Å². The van der Waals surface area contributed by atoms with Crippen LogP contribution in [0.2, 0.25) is 0 Å². The first-order valence-electron chi connectivity index (χ1n) is 9.11. The maximum atomic E-state index is 12.5. The highest BCUT2D eigenvalue weighted by atomic mass is 16.2. The van der Waals surface area contributed by atoms with Crippen LogP contribution in [0.3, 0.4) is 0 Å². The zero-order chi connectivity index (χ0) is 17.6. The van der Waals surface area contributed by atoms with Crippen LogP contribution in [-0.2, 0) is 6.42 Å². The summed E-state index contributed by atoms with van der Waals surface area (Å²) in [6, 6.07) is 19.0. The summed E-state index contributed by atoms with van der Waals surface area (Å²) in [5.74, 6) is 0. The van der Waals surface area contributed by atoms with Gasteiger partial charge < -0.3 is 10.2 Å². The smallest absolute Gasteiger partial charge is 0.321 e. The number of nitrogens with zero attached hydrogens (tertiary/aromatic N) is 2. The monoisotopic (exact) mass is 337 g/mol. The average molecular weight is 337 g/mol. The Morgan fingerprint density at radius 3 is 2.24 bits per heavy atom. The maximum Gasteiger partial charge on any atom is 0.321 e. The Bertz CT molecular complexity index is 676. The lowest BCUT2D eigenvalue weighted by atomic mass is 10.1. The fourth-order valence-corrected chi connectivity index (χ4v) is 3.28. The standard InChI is InChI=1S/C21H27N3O/c1-3-18-9-11-20(12-10-18)22-21(25)24-15-13-23(14-16-24)17(2)19-7-5-4-6-8-19/h4-12,17H,3,13-16H2,1-2H3,(H,22,25). The van der Waals surface area contributed by atoms with Crippen molar-refractivity contribution in [2.24, 2.45) is 0 Å². The topological polar surface area (TPSA) is 35.6 Å². The molecule has 0 bridgehead atoms. The van der Waals surface area contributed by atoms with Crippen molar-refractivity contribution < 1.29 is 4.79 Å². The van der Waals surface area contributed by atoms with Crippen molar-refractivity contribution in [1.29, 1.82) is 0 Å². The quantitative estimate of drug-likeness (QED) is 0.909. The highest BCUT2D eigenvalue weighted by molar-refractivity contribution is 5.89. The summed E-state index contributed by atoms with van der Waals surface area (Å²) in [5.41, 5.74) is 3.47. The molecule has 1 aliphatic heterocycles. The molecule has 1 heterocycles. The number of aryl methyl sites for hydroxylation is 1. The van der Waals surface area contributed by atoms with Crippen molar-refractivity contribution in [3.8, 4) is 0 Å². The van der Waals surface area contributed by atoms with Crippen molar-refractivity contribution >= 4 is 11.7 Å². The lowest BCUT2D eigenvalue weighted by Crippen LogP contribution is -2.50. The zero-order valence-electron chi connectivity index (χ0n) is 15.1. The number of piperazine rings is 1. The molecule has 132 valence electrons. The number of hydrogen-bond acceptors (Lipinski definition) is 2. The van der Waals surface area contributed by atoms with Gasteiger partial charge in [-0.15, -0.1) is 0 Å². The number of carbonyl (C=O) groups is 1. The van der Waals surface area contributed by atoms with Gasteiger partial charge in [0.15, 0.2) is 0 Å². The zero-order valence-corrected chi connectivity index (χ0v) is 15.1. The van der Waals surface area contributed by atoms with E-state index < -0.39 is 0 Å². The number of nitrogens with one attached hydrogen (secondary N) is 1. The third kappa shape index (κ3) is 4.40. The minimum Gasteiger partial charge on any atom is -0.322 e. The molecular formula is C21H27N3O. The predicted octanol–water partition coefficient (Wildman–Crippen LogP) is 4.16. The van der Waals surface area contributed by atoms with Crippen LogP contribution < -0.4 is 5.32 Å². The Morgan fingerprint density at radius 2 is 1.64 bits per heavy atom. The lowest BCUT2D eigenvalue weighted by Gasteiger charge is -2.38. The van der Waals surface area contributed by atoms with Crippen molar-refractivity contribution in [3.63, 3.8) is 0 Å². The molecule has 1 saturated heterocycles. The second kappa shape index (κ2) is 8.17. The molecule has 4 nitrogen and oxygen atoms in total. The van der Waals surface area contributed by atoms with Gasteiger partial charge in [-0.3, -0.25) is 4.90 Å². The fraction of sp³-hybridized carbons (Fsp3) is 0.381. The van der Waals surface area contributed by atoms with E-state index in [0.717, 1.165) is 38.3 Å². The molecule has 3 rings (SSSR count). The molecule has 0 spiro atoms. The van der Waals surface area contributed by atoms with Crippen LogP contribution in [0.4, 0.5) is 10.5 Å². The third-order valence-electron chi connectivity index (χ3n) is 5.04. The van der Waals surface area contributed by atoms with Gasteiger partial charge in [0, 0.05) is 37.9 Å². The Morgan fingerprint density at radius 1 is 1.00 bits per heavy atom. The van der Waals surface area contributed by atoms with Crippen molar-refractivity contribution in [1.82, 2.24) is 9.80 Å². The summed E-state index contributed by atoms with van der Waals surface area (Å²) in [4.78, 5) is 16.8. The van der Waals surface area contributed by atoms with Gasteiger partial charge in [-0.05, 0) is 36.6 Å². The molecule has 1 unspecified atom stereocenters. The number of hydrogen-bond donors (Lipinski definition) is 1. The van der Waals surface area contributed by atoms with E-state index in [1.54, 1.807) is 0 Å². The van der Waals surface area contributed by atoms with E-state index >= 15 is 0 Å². The van der Waals surface area contributed by atoms with Gasteiger partial charge in [0.2, 0.25) is 0 Å². The summed E-state index contributed by atoms with van der Waals surface area (Å²) in [5, 5.41) is 3.01. The average Bonchev–Trinajstić information content (AvgIpc) is 2.69. The predicted molar refractivity (Wildman–Crippen MR) is 103 cm³/mol. The van der Waals surface area contributed by atoms with E-state index in [0.29, 0.717) is 6.04 Å². The molecule has 2 amide bonds. The molecule has 1 fully saturated rings. The van der Waals surface area contributed by atoms with Crippen LogP contribution in [0, 0.1) is 0 Å². The third-order valence-corrected chi connectivity index (χ3v) is 5.04. The van der Waals surface area contributed by atoms with Crippen LogP contribution in [-0.4, -0.2) is 42.0 Å². The molecule has 1 N–H and O–H groups in total. The van der Waals surface area contributed by atoms with Crippen molar-refractivity contribution in [2.45, 2.75) is 26.3 Å². The van der Waals surface area contributed by atoms with E-state index in [4.69, 9.17) is 0 Å². The number of rotatable bonds is 4. The molecule has 1 atom stereocenters. The largest absolute Gasteiger partial charge is 0.322 e. The Labute approximate surface area is 150 Å². The van der Waals surface area contributed by atoms with Gasteiger partial charge in [-0.2, -0.15) is 0 Å². The van der Waals surface area contributed by atoms with Gasteiger partial charge in [0.05, 0.1) is 0 Å². The molecule has 0 aliphatic carbocycles. The van der Waals surface area contributed by atoms with E-state index in [-0.39, 0.29) is 6.03 Å². The normalized spacial score (nSPS) is 16.5. The molecule has 1 aliphatic rings. The lowest BCUT2D eigenvalue weighted by molar-refractivity contribution is 0.119. The molecule has 0 aromatic heterocycles. The van der Waals surface area contributed by atoms with Gasteiger partial charge >= 0.3 is 6.03 Å². The molecule has 0 saturated carbocycles. The fourth-order valence-electron chi connectivity index (χ4n) is 3.28. The van der Waals surface area contributed by atoms with E-state index in [9.17, 15) is 4.79 Å². The SMILES string of the molecule is CCc1ccc(NC(=O)N2CCN(C(C)c3ccccc3)CC2)cc1. The Balaban J connectivity index is 1.52. The van der Waals surface area contributed by atoms with E-state index in [1.807, 2.05) is 23.1 Å². The molecule has 4 heteroatoms. The van der Waals surface area contributed by atoms with Gasteiger partial charge in [0.1, 0.15) is 0 Å². The van der Waals surface area contributed by atoms with Gasteiger partial charge in [-0.25, -0.2) is 4.79 Å². The molecule has 0 radical (unpaired) electrons. The molecule has 25 heavy (non-hydrogen) atoms. The number of carbonyl (C=O) groups excluding carboxylic acids is 1.